The first-order valence-electron chi connectivity index (χ1n) is 12.5. The van der Waals surface area contributed by atoms with E-state index in [0.717, 1.165) is 18.6 Å². The van der Waals surface area contributed by atoms with Gasteiger partial charge in [-0.3, -0.25) is 0 Å². The normalized spacial score (nSPS) is 24.0. The van der Waals surface area contributed by atoms with Gasteiger partial charge >= 0.3 is 232 Å². The maximum atomic E-state index is 12.3. The Morgan fingerprint density at radius 1 is 1.25 bits per heavy atom. The summed E-state index contributed by atoms with van der Waals surface area (Å²) in [6.45, 7) is 7.06. The number of fused-ring (bicyclic) bond motifs is 1. The molecule has 2 aliphatic heterocycles. The molecule has 2 heterocycles. The molecule has 2 saturated heterocycles. The number of ether oxygens (including phenoxy) is 1. The fraction of sp³-hybridized carbons (Fsp3) is 0.909. The Morgan fingerprint density at radius 3 is 2.69 bits per heavy atom. The van der Waals surface area contributed by atoms with Crippen LogP contribution in [0.25, 0.3) is 0 Å². The van der Waals surface area contributed by atoms with Crippen molar-refractivity contribution >= 4 is 68.4 Å². The van der Waals surface area contributed by atoms with Crippen molar-refractivity contribution in [2.24, 2.45) is 0 Å². The monoisotopic (exact) mass is 759 g/mol. The second kappa shape index (κ2) is 16.5. The standard InChI is InChI=1S/C22H41N3O7PS2.Tl/c1-5-29-13-14-31-33(34,32-22(2,3)4)30-12-10-16(26)9-11-23-19(27)8-6-7-18-20-17(15-35-18)24-21(28)25-20;/h16-18,20H,5-15H2,1-4H3,(H,23,27)(H2,24,25,28);/q-1;+1. The summed E-state index contributed by atoms with van der Waals surface area (Å²) in [7, 11) is 0. The summed E-state index contributed by atoms with van der Waals surface area (Å²) in [6.07, 6.45) is 3.55. The minimum atomic E-state index is -2.91. The Morgan fingerprint density at radius 2 is 2.00 bits per heavy atom. The van der Waals surface area contributed by atoms with Crippen molar-refractivity contribution in [3.63, 3.8) is 0 Å². The van der Waals surface area contributed by atoms with Crippen molar-refractivity contribution in [2.75, 3.05) is 38.7 Å². The number of hydrogen-bond acceptors (Lipinski definition) is 9. The molecule has 5 atom stereocenters. The topological polar surface area (TPSA) is 116 Å². The molecule has 3 amide bonds. The zero-order valence-corrected chi connectivity index (χ0v) is 28.8. The van der Waals surface area contributed by atoms with Crippen LogP contribution in [0.5, 0.6) is 0 Å². The van der Waals surface area contributed by atoms with Gasteiger partial charge in [-0.15, -0.1) is 0 Å². The van der Waals surface area contributed by atoms with Crippen LogP contribution in [0.3, 0.4) is 0 Å². The summed E-state index contributed by atoms with van der Waals surface area (Å²) < 4.78 is 28.7. The van der Waals surface area contributed by atoms with E-state index in [1.54, 1.807) is 0 Å². The molecule has 0 aromatic carbocycles. The molecule has 14 heteroatoms. The Hall–Kier alpha value is 0.462. The van der Waals surface area contributed by atoms with Gasteiger partial charge in [-0.05, 0) is 0 Å². The molecule has 0 aromatic heterocycles. The second-order valence-corrected chi connectivity index (χ2v) is 15.0. The summed E-state index contributed by atoms with van der Waals surface area (Å²) >= 11 is 7.85. The summed E-state index contributed by atoms with van der Waals surface area (Å²) in [5, 5.41) is 9.30. The summed E-state index contributed by atoms with van der Waals surface area (Å²) in [5.74, 6) is 0.980. The Kier molecular flexibility index (Phi) is 15.0. The van der Waals surface area contributed by atoms with E-state index in [0.29, 0.717) is 83.7 Å². The fourth-order valence-electron chi connectivity index (χ4n) is 3.92. The van der Waals surface area contributed by atoms with Crippen molar-refractivity contribution in [1.29, 1.82) is 0 Å². The molecule has 0 aliphatic carbocycles. The van der Waals surface area contributed by atoms with Gasteiger partial charge in [0.1, 0.15) is 0 Å². The van der Waals surface area contributed by atoms with Crippen molar-refractivity contribution in [2.45, 2.75) is 88.8 Å². The molecule has 0 saturated carbocycles. The van der Waals surface area contributed by atoms with Crippen molar-refractivity contribution in [1.82, 2.24) is 16.0 Å². The van der Waals surface area contributed by atoms with Gasteiger partial charge in [0.2, 0.25) is 0 Å². The van der Waals surface area contributed by atoms with Crippen molar-refractivity contribution in [3.8, 4) is 0 Å². The van der Waals surface area contributed by atoms with Gasteiger partial charge in [-0.1, -0.05) is 0 Å². The van der Waals surface area contributed by atoms with E-state index in [1.165, 1.54) is 0 Å². The summed E-state index contributed by atoms with van der Waals surface area (Å²) in [6, 6.07) is 0.321. The van der Waals surface area contributed by atoms with Gasteiger partial charge in [-0.2, -0.15) is 0 Å². The second-order valence-electron chi connectivity index (χ2n) is 9.71. The number of urea groups is 1. The first-order valence-corrected chi connectivity index (χ1v) is 18.0. The van der Waals surface area contributed by atoms with Crippen LogP contribution in [0.1, 0.15) is 59.8 Å². The van der Waals surface area contributed by atoms with Crippen LogP contribution >= 0.6 is 18.5 Å². The third kappa shape index (κ3) is 12.5. The molecular weight excluding hydrogens is 718 g/mol. The van der Waals surface area contributed by atoms with E-state index >= 15 is 0 Å². The molecule has 36 heavy (non-hydrogen) atoms. The number of hydrogen-bond donors (Lipinski definition) is 3. The summed E-state index contributed by atoms with van der Waals surface area (Å²) in [4.78, 5) is 23.8. The number of rotatable bonds is 18. The van der Waals surface area contributed by atoms with E-state index in [1.807, 2.05) is 39.5 Å². The van der Waals surface area contributed by atoms with Gasteiger partial charge in [0.15, 0.2) is 0 Å². The van der Waals surface area contributed by atoms with Crippen LogP contribution in [0, 0.1) is 0 Å². The first kappa shape index (κ1) is 32.7. The van der Waals surface area contributed by atoms with Crippen LogP contribution in [-0.2, 0) is 37.6 Å². The van der Waals surface area contributed by atoms with E-state index in [9.17, 15) is 9.59 Å². The summed E-state index contributed by atoms with van der Waals surface area (Å²) in [5.41, 5.74) is -0.486. The average Bonchev–Trinajstić information content (AvgIpc) is 3.34. The molecule has 0 spiro atoms. The number of thioether (sulfide) groups is 1. The Balaban J connectivity index is 1.62. The molecule has 2 rings (SSSR count). The van der Waals surface area contributed by atoms with Gasteiger partial charge in [0.25, 0.3) is 0 Å². The van der Waals surface area contributed by atoms with Crippen LogP contribution in [-0.4, -0.2) is 106 Å². The number of nitrogens with one attached hydrogen (secondary N) is 3. The molecular formula is C22H41N3O7PS2Tl. The van der Waals surface area contributed by atoms with E-state index in [-0.39, 0.29) is 30.1 Å². The zero-order chi connectivity index (χ0) is 26.6. The van der Waals surface area contributed by atoms with Crippen LogP contribution in [0.4, 0.5) is 4.79 Å². The predicted octanol–water partition coefficient (Wildman–Crippen LogP) is 2.80. The number of carbonyl (C=O) groups excluding carboxylic acids is 2. The Bertz CT molecular complexity index is 747. The molecule has 10 nitrogen and oxygen atoms in total. The molecule has 2 fully saturated rings. The Labute approximate surface area is 241 Å². The maximum absolute atomic E-state index is 12.3. The van der Waals surface area contributed by atoms with Gasteiger partial charge in [-0.25, -0.2) is 4.79 Å². The molecule has 0 radical (unpaired) electrons. The molecule has 5 unspecified atom stereocenters. The third-order valence-electron chi connectivity index (χ3n) is 5.57. The molecule has 2 aliphatic rings. The van der Waals surface area contributed by atoms with E-state index in [2.05, 4.69) is 16.0 Å². The minimum absolute atomic E-state index is 0.0119. The number of carbonyl (C=O) groups is 2. The van der Waals surface area contributed by atoms with Crippen LogP contribution in [0.15, 0.2) is 0 Å². The number of amides is 3. The SMILES string of the molecule is CCOCCOP(=S)(OCCC(CCNC(=O)CCCC1SCC2NC(=O)NC21)[O][Tl])OC(C)(C)C. The van der Waals surface area contributed by atoms with Gasteiger partial charge < -0.3 is 5.32 Å². The van der Waals surface area contributed by atoms with Crippen molar-refractivity contribution < 1.29 is 30.6 Å². The predicted molar refractivity (Wildman–Crippen MR) is 146 cm³/mol. The van der Waals surface area contributed by atoms with Gasteiger partial charge in [0.05, 0.1) is 0 Å². The molecule has 0 bridgehead atoms. The van der Waals surface area contributed by atoms with E-state index in [4.69, 9.17) is 32.8 Å². The zero-order valence-electron chi connectivity index (χ0n) is 21.8. The third-order valence-corrected chi connectivity index (χ3v) is 11.2. The van der Waals surface area contributed by atoms with Crippen LogP contribution in [0.2, 0.25) is 0 Å². The van der Waals surface area contributed by atoms with E-state index < -0.39 is 12.3 Å². The van der Waals surface area contributed by atoms with Gasteiger partial charge in [0, 0.05) is 0 Å². The van der Waals surface area contributed by atoms with Crippen molar-refractivity contribution in [3.05, 3.63) is 0 Å². The molecule has 3 N–H and O–H groups in total. The van der Waals surface area contributed by atoms with Crippen LogP contribution < -0.4 is 16.0 Å². The quantitative estimate of drug-likeness (QED) is 0.0841. The fourth-order valence-corrected chi connectivity index (χ4v) is 9.12. The molecule has 0 aromatic rings. The first-order chi connectivity index (χ1) is 17.0. The average molecular weight is 759 g/mol. The molecule has 206 valence electrons.